The molecule has 3 amide bonds. The van der Waals surface area contributed by atoms with Crippen LogP contribution in [-0.2, 0) is 25.6 Å². The minimum absolute atomic E-state index is 0.0276. The first kappa shape index (κ1) is 29.7. The van der Waals surface area contributed by atoms with Crippen LogP contribution in [-0.4, -0.2) is 92.4 Å². The monoisotopic (exact) mass is 515 g/mol. The van der Waals surface area contributed by atoms with E-state index in [1.807, 2.05) is 0 Å². The highest BCUT2D eigenvalue weighted by Crippen LogP contribution is 2.05. The molecule has 0 saturated heterocycles. The van der Waals surface area contributed by atoms with Gasteiger partial charge >= 0.3 is 5.97 Å². The lowest BCUT2D eigenvalue weighted by atomic mass is 10.1. The average molecular weight is 516 g/mol. The first-order chi connectivity index (χ1) is 16.5. The first-order valence-electron chi connectivity index (χ1n) is 10.7. The van der Waals surface area contributed by atoms with E-state index in [1.165, 1.54) is 19.4 Å². The van der Waals surface area contributed by atoms with E-state index < -0.39 is 54.0 Å². The van der Waals surface area contributed by atoms with Crippen LogP contribution in [0.1, 0.15) is 25.5 Å². The minimum atomic E-state index is -1.51. The number of imidazole rings is 1. The van der Waals surface area contributed by atoms with Crippen LogP contribution in [0.15, 0.2) is 17.5 Å². The summed E-state index contributed by atoms with van der Waals surface area (Å²) in [5, 5.41) is 26.7. The number of carbonyl (C=O) groups excluding carboxylic acids is 3. The molecular formula is C19H33N9O6S. The number of aliphatic carboxylic acids is 1. The SMILES string of the molecule is CC(O)C(NC(=O)C(CCCN=C(N)N)NC(=O)C(N)CS)C(=O)NC(Cc1cnc[nH]1)C(=O)O. The number of nitrogens with one attached hydrogen (secondary N) is 4. The van der Waals surface area contributed by atoms with Gasteiger partial charge in [-0.1, -0.05) is 0 Å². The number of aliphatic hydroxyl groups excluding tert-OH is 1. The third-order valence-corrected chi connectivity index (χ3v) is 5.16. The summed E-state index contributed by atoms with van der Waals surface area (Å²) in [6, 6.07) is -5.00. The highest BCUT2D eigenvalue weighted by atomic mass is 32.1. The van der Waals surface area contributed by atoms with Crippen LogP contribution >= 0.6 is 12.6 Å². The molecule has 0 aromatic carbocycles. The number of carboxylic acid groups (broad SMARTS) is 1. The van der Waals surface area contributed by atoms with E-state index in [0.29, 0.717) is 12.1 Å². The van der Waals surface area contributed by atoms with Crippen LogP contribution in [0.3, 0.4) is 0 Å². The average Bonchev–Trinajstić information content (AvgIpc) is 3.30. The molecule has 0 aliphatic heterocycles. The molecule has 0 aliphatic carbocycles. The number of aliphatic imine (C=N–C) groups is 1. The molecule has 1 aromatic heterocycles. The van der Waals surface area contributed by atoms with Crippen LogP contribution in [0.25, 0.3) is 0 Å². The van der Waals surface area contributed by atoms with E-state index in [9.17, 15) is 29.4 Å². The quantitative estimate of drug-likeness (QED) is 0.0470. The van der Waals surface area contributed by atoms with Crippen molar-refractivity contribution < 1.29 is 29.4 Å². The van der Waals surface area contributed by atoms with Crippen LogP contribution in [0.5, 0.6) is 0 Å². The van der Waals surface area contributed by atoms with Crippen molar-refractivity contribution in [3.05, 3.63) is 18.2 Å². The molecule has 1 aromatic rings. The number of thiol groups is 1. The van der Waals surface area contributed by atoms with Crippen LogP contribution in [0, 0.1) is 0 Å². The molecule has 15 nitrogen and oxygen atoms in total. The number of guanidine groups is 1. The van der Waals surface area contributed by atoms with E-state index in [2.05, 4.69) is 43.5 Å². The van der Waals surface area contributed by atoms with Crippen molar-refractivity contribution in [3.63, 3.8) is 0 Å². The van der Waals surface area contributed by atoms with Crippen molar-refractivity contribution in [1.82, 2.24) is 25.9 Å². The molecule has 5 unspecified atom stereocenters. The number of aromatic amines is 1. The Bertz CT molecular complexity index is 876. The highest BCUT2D eigenvalue weighted by molar-refractivity contribution is 7.80. The Morgan fingerprint density at radius 2 is 1.80 bits per heavy atom. The number of hydrogen-bond acceptors (Lipinski definition) is 9. The molecule has 0 fully saturated rings. The molecule has 1 rings (SSSR count). The van der Waals surface area contributed by atoms with Crippen LogP contribution < -0.4 is 33.2 Å². The minimum Gasteiger partial charge on any atom is -0.480 e. The van der Waals surface area contributed by atoms with Gasteiger partial charge < -0.3 is 48.3 Å². The van der Waals surface area contributed by atoms with Gasteiger partial charge in [0.05, 0.1) is 18.5 Å². The highest BCUT2D eigenvalue weighted by Gasteiger charge is 2.32. The molecule has 0 saturated carbocycles. The Labute approximate surface area is 207 Å². The van der Waals surface area contributed by atoms with Crippen molar-refractivity contribution in [2.45, 2.75) is 56.5 Å². The van der Waals surface area contributed by atoms with Crippen molar-refractivity contribution in [1.29, 1.82) is 0 Å². The molecule has 5 atom stereocenters. The summed E-state index contributed by atoms with van der Waals surface area (Å²) in [7, 11) is 0. The smallest absolute Gasteiger partial charge is 0.326 e. The van der Waals surface area contributed by atoms with Gasteiger partial charge in [-0.3, -0.25) is 19.4 Å². The van der Waals surface area contributed by atoms with Gasteiger partial charge in [-0.15, -0.1) is 0 Å². The molecule has 16 heteroatoms. The van der Waals surface area contributed by atoms with Gasteiger partial charge in [0.15, 0.2) is 5.96 Å². The van der Waals surface area contributed by atoms with Gasteiger partial charge in [-0.2, -0.15) is 12.6 Å². The molecule has 0 aliphatic rings. The van der Waals surface area contributed by atoms with E-state index in [1.54, 1.807) is 0 Å². The van der Waals surface area contributed by atoms with Gasteiger partial charge in [-0.05, 0) is 19.8 Å². The Morgan fingerprint density at radius 3 is 2.31 bits per heavy atom. The lowest BCUT2D eigenvalue weighted by Crippen LogP contribution is -2.60. The lowest BCUT2D eigenvalue weighted by molar-refractivity contribution is -0.143. The van der Waals surface area contributed by atoms with Gasteiger partial charge in [0.1, 0.15) is 18.1 Å². The number of H-pyrrole nitrogens is 1. The maximum absolute atomic E-state index is 12.9. The molecule has 0 bridgehead atoms. The summed E-state index contributed by atoms with van der Waals surface area (Å²) >= 11 is 3.95. The number of amides is 3. The van der Waals surface area contributed by atoms with Crippen LogP contribution in [0.2, 0.25) is 0 Å². The topological polar surface area (TPSA) is 264 Å². The van der Waals surface area contributed by atoms with E-state index in [4.69, 9.17) is 17.2 Å². The van der Waals surface area contributed by atoms with E-state index >= 15 is 0 Å². The van der Waals surface area contributed by atoms with Gasteiger partial charge in [-0.25, -0.2) is 9.78 Å². The second kappa shape index (κ2) is 14.8. The predicted octanol–water partition coefficient (Wildman–Crippen LogP) is -3.82. The fourth-order valence-corrected chi connectivity index (χ4v) is 3.04. The maximum Gasteiger partial charge on any atom is 0.326 e. The molecule has 1 heterocycles. The molecule has 12 N–H and O–H groups in total. The second-order valence-electron chi connectivity index (χ2n) is 7.71. The fraction of sp³-hybridized carbons (Fsp3) is 0.579. The Morgan fingerprint density at radius 1 is 1.14 bits per heavy atom. The molecule has 0 spiro atoms. The molecule has 196 valence electrons. The van der Waals surface area contributed by atoms with Crippen molar-refractivity contribution in [2.75, 3.05) is 12.3 Å². The largest absolute Gasteiger partial charge is 0.480 e. The summed E-state index contributed by atoms with van der Waals surface area (Å²) in [6.45, 7) is 1.42. The summed E-state index contributed by atoms with van der Waals surface area (Å²) in [6.07, 6.45) is 1.64. The molecule has 35 heavy (non-hydrogen) atoms. The summed E-state index contributed by atoms with van der Waals surface area (Å²) in [4.78, 5) is 59.8. The Hall–Kier alpha value is -3.37. The number of hydrogen-bond donors (Lipinski definition) is 10. The number of nitrogens with two attached hydrogens (primary N) is 3. The normalized spacial score (nSPS) is 15.1. The number of rotatable bonds is 15. The molecular weight excluding hydrogens is 482 g/mol. The number of aromatic nitrogens is 2. The zero-order chi connectivity index (χ0) is 26.5. The molecule has 0 radical (unpaired) electrons. The summed E-state index contributed by atoms with van der Waals surface area (Å²) in [5.41, 5.74) is 16.7. The Balaban J connectivity index is 2.94. The summed E-state index contributed by atoms with van der Waals surface area (Å²) < 4.78 is 0. The fourth-order valence-electron chi connectivity index (χ4n) is 2.87. The zero-order valence-electron chi connectivity index (χ0n) is 19.2. The van der Waals surface area contributed by atoms with Crippen molar-refractivity contribution >= 4 is 42.3 Å². The summed E-state index contributed by atoms with van der Waals surface area (Å²) in [5.74, 6) is -3.81. The first-order valence-corrected chi connectivity index (χ1v) is 11.3. The second-order valence-corrected chi connectivity index (χ2v) is 8.07. The van der Waals surface area contributed by atoms with Crippen LogP contribution in [0.4, 0.5) is 0 Å². The lowest BCUT2D eigenvalue weighted by Gasteiger charge is -2.26. The van der Waals surface area contributed by atoms with E-state index in [-0.39, 0.29) is 31.1 Å². The van der Waals surface area contributed by atoms with E-state index in [0.717, 1.165) is 0 Å². The van der Waals surface area contributed by atoms with Gasteiger partial charge in [0, 0.05) is 30.6 Å². The zero-order valence-corrected chi connectivity index (χ0v) is 20.1. The van der Waals surface area contributed by atoms with Gasteiger partial charge in [0.25, 0.3) is 0 Å². The van der Waals surface area contributed by atoms with Crippen molar-refractivity contribution in [2.24, 2.45) is 22.2 Å². The predicted molar refractivity (Wildman–Crippen MR) is 129 cm³/mol. The number of carbonyl (C=O) groups is 4. The third-order valence-electron chi connectivity index (χ3n) is 4.77. The number of carboxylic acids is 1. The number of aliphatic hydroxyl groups is 1. The third kappa shape index (κ3) is 10.6. The maximum atomic E-state index is 12.9. The van der Waals surface area contributed by atoms with Crippen molar-refractivity contribution in [3.8, 4) is 0 Å². The van der Waals surface area contributed by atoms with Gasteiger partial charge in [0.2, 0.25) is 17.7 Å². The standard InChI is InChI=1S/C19H33N9O6S/c1-9(29)14(17(32)27-13(18(33)34)5-10-6-23-8-25-10)28-16(31)12(3-2-4-24-19(21)22)26-15(30)11(20)7-35/h6,8-9,11-14,29,35H,2-5,7,20H2,1H3,(H,23,25)(H,26,30)(H,27,32)(H,28,31)(H,33,34)(H4,21,22,24). The number of nitrogens with zero attached hydrogens (tertiary/aromatic N) is 2. The Kier molecular flexibility index (Phi) is 12.5.